The van der Waals surface area contributed by atoms with Crippen LogP contribution < -0.4 is 4.74 Å². The summed E-state index contributed by atoms with van der Waals surface area (Å²) in [7, 11) is 0. The molecule has 4 heterocycles. The van der Waals surface area contributed by atoms with Gasteiger partial charge in [0.15, 0.2) is 168 Å². The van der Waals surface area contributed by atoms with E-state index < -0.39 is 385 Å². The lowest BCUT2D eigenvalue weighted by molar-refractivity contribution is -0.282. The van der Waals surface area contributed by atoms with Gasteiger partial charge in [-0.05, 0) is 97.1 Å². The number of ether oxygens (including phenoxy) is 13. The summed E-state index contributed by atoms with van der Waals surface area (Å²) in [5, 5.41) is 304. The summed E-state index contributed by atoms with van der Waals surface area (Å²) >= 11 is 0. The van der Waals surface area contributed by atoms with Crippen molar-refractivity contribution >= 4 is 59.7 Å². The minimum Gasteiger partial charge on any atom is -0.504 e. The van der Waals surface area contributed by atoms with E-state index in [4.69, 9.17) is 61.6 Å². The number of rotatable bonds is 14. The molecule has 0 spiro atoms. The maximum Gasteiger partial charge on any atom is 0.340 e. The molecule has 133 heavy (non-hydrogen) atoms. The molecule has 4 aliphatic heterocycles. The van der Waals surface area contributed by atoms with Crippen molar-refractivity contribution in [1.82, 2.24) is 0 Å². The molecule has 2 saturated heterocycles. The van der Waals surface area contributed by atoms with Crippen LogP contribution in [0.15, 0.2) is 97.1 Å². The first-order valence-corrected chi connectivity index (χ1v) is 36.9. The van der Waals surface area contributed by atoms with Crippen molar-refractivity contribution in [2.75, 3.05) is 13.2 Å². The predicted octanol–water partition coefficient (Wildman–Crippen LogP) is 4.03. The third-order valence-corrected chi connectivity index (χ3v) is 20.3. The molecule has 692 valence electrons. The molecule has 0 bridgehead atoms. The Hall–Kier alpha value is -19.0. The van der Waals surface area contributed by atoms with Crippen molar-refractivity contribution in [3.05, 3.63) is 153 Å². The second-order valence-electron chi connectivity index (χ2n) is 28.6. The van der Waals surface area contributed by atoms with Crippen molar-refractivity contribution in [2.24, 2.45) is 0 Å². The van der Waals surface area contributed by atoms with Crippen molar-refractivity contribution in [2.45, 2.75) is 61.4 Å². The van der Waals surface area contributed by atoms with Gasteiger partial charge < -0.3 is 205 Å². The van der Waals surface area contributed by atoms with Gasteiger partial charge in [-0.25, -0.2) is 47.9 Å². The summed E-state index contributed by atoms with van der Waals surface area (Å²) in [6.07, 6.45) is -27.8. The fourth-order valence-corrected chi connectivity index (χ4v) is 13.8. The SMILES string of the molecule is O=C(O[C@@H]1O[C@@H]2COC(=O)c3cc(O)c(O)c(O)c3-c3c(cc(O)c(Oc4cc(C(=O)O[C@H]5[C@H](OC(=O)c6cc(O)c(O)c(O)c6)O[C@@H]6COC(=O)c7cc(O)c(O)c(O)c7-c7c(cc(O)c(O)c7O)C(=O)O[C@H]6[C@H]5OC(=O)c5cc(O)c(O)c(O)c5)cc(O)c4O)c3O)C(=O)O[C@H]2[C@H](OC(=O)c2cc(O)c(O)c(O)c2)[C@H]1OC(=O)c1cc(O)c(O)c(O)c1)c1cc(O)c(O)c(O)c1. The van der Waals surface area contributed by atoms with Gasteiger partial charge in [-0.2, -0.15) is 0 Å². The van der Waals surface area contributed by atoms with E-state index in [2.05, 4.69) is 0 Å². The lowest BCUT2D eigenvalue weighted by Gasteiger charge is -2.43. The number of fused-ring (bicyclic) bond motifs is 8. The number of hydrogen-bond donors (Lipinski definition) is 28. The summed E-state index contributed by atoms with van der Waals surface area (Å²) in [6, 6.07) is 5.74. The second kappa shape index (κ2) is 34.1. The number of phenols is 28. The number of carbonyl (C=O) groups is 10. The molecule has 0 amide bonds. The van der Waals surface area contributed by atoms with Crippen LogP contribution in [0.5, 0.6) is 172 Å². The molecule has 10 aromatic rings. The lowest BCUT2D eigenvalue weighted by Crippen LogP contribution is -2.63. The van der Waals surface area contributed by atoms with E-state index in [1.807, 2.05) is 0 Å². The number of benzene rings is 10. The van der Waals surface area contributed by atoms with Crippen LogP contribution in [0.25, 0.3) is 22.3 Å². The van der Waals surface area contributed by atoms with Gasteiger partial charge in [0.2, 0.25) is 53.5 Å². The zero-order valence-electron chi connectivity index (χ0n) is 65.3. The number of esters is 10. The van der Waals surface area contributed by atoms with Crippen LogP contribution in [0.4, 0.5) is 0 Å². The Kier molecular flexibility index (Phi) is 23.1. The summed E-state index contributed by atoms with van der Waals surface area (Å²) in [5.41, 5.74) is -16.9. The van der Waals surface area contributed by atoms with Crippen LogP contribution in [0.1, 0.15) is 104 Å². The molecule has 51 heteroatoms. The Morgan fingerprint density at radius 3 is 0.752 bits per heavy atom. The Morgan fingerprint density at radius 1 is 0.241 bits per heavy atom. The molecule has 2 fully saturated rings. The highest BCUT2D eigenvalue weighted by Crippen LogP contribution is 2.58. The number of hydrogen-bond acceptors (Lipinski definition) is 51. The van der Waals surface area contributed by atoms with Crippen LogP contribution in [0, 0.1) is 0 Å². The highest BCUT2D eigenvalue weighted by atomic mass is 16.8. The predicted molar refractivity (Wildman–Crippen MR) is 413 cm³/mol. The first kappa shape index (κ1) is 90.3. The Bertz CT molecular complexity index is 6570. The van der Waals surface area contributed by atoms with Gasteiger partial charge in [0.25, 0.3) is 0 Å². The standard InChI is InChI=1S/C82H58O51/c83-29-1-19(2-30(84)51(29)98)71(111)128-67-66-46(124-81(132-75(115)22-7-35(89)54(101)36(90)8-22)69(67)130-73(113)21-5-33(87)53(100)34(88)6-21)18-122-78(118)26-14-41(95)58(105)61(108)48(26)50-28(80(120)127-66)16-43(97)64(63(50)110)123-44-12-24(11-39(93)56(44)103)74(114)131-70-68(129-72(112)20-3-31(85)52(99)32(86)4-20)65-45(125-82(70)133-76(116)23-9-37(91)55(102)38(92)10-23)17-121-77(117)25-13-40(94)57(104)60(107)47(25)49-27(79(119)126-65)15-42(96)59(106)62(49)109/h1-16,45-46,65-70,81-110H,17-18H2/t45-,46-,65-,66-,67+,68-,69-,70-,81+,82+/m1/s1. The summed E-state index contributed by atoms with van der Waals surface area (Å²) in [4.78, 5) is 147. The zero-order chi connectivity index (χ0) is 96.9. The molecule has 14 rings (SSSR count). The number of carbonyl (C=O) groups excluding carboxylic acids is 10. The minimum atomic E-state index is -2.99. The quantitative estimate of drug-likeness (QED) is 0.0415. The topological polar surface area (TPSA) is 857 Å². The summed E-state index contributed by atoms with van der Waals surface area (Å²) in [5.74, 6) is -62.0. The normalized spacial score (nSPS) is 19.1. The fraction of sp³-hybridized carbons (Fsp3) is 0.146. The van der Waals surface area contributed by atoms with Crippen molar-refractivity contribution in [3.63, 3.8) is 0 Å². The van der Waals surface area contributed by atoms with Gasteiger partial charge in [-0.15, -0.1) is 0 Å². The Labute approximate surface area is 731 Å². The van der Waals surface area contributed by atoms with Crippen molar-refractivity contribution in [1.29, 1.82) is 0 Å². The van der Waals surface area contributed by atoms with Gasteiger partial charge in [0.05, 0.1) is 55.6 Å². The molecule has 0 aliphatic carbocycles. The van der Waals surface area contributed by atoms with Crippen LogP contribution in [0.2, 0.25) is 0 Å². The lowest BCUT2D eigenvalue weighted by atomic mass is 9.91. The van der Waals surface area contributed by atoms with E-state index in [0.29, 0.717) is 66.7 Å². The largest absolute Gasteiger partial charge is 0.504 e. The molecular formula is C82H58O51. The maximum absolute atomic E-state index is 15.6. The third-order valence-electron chi connectivity index (χ3n) is 20.3. The molecule has 0 aromatic heterocycles. The average Bonchev–Trinajstić information content (AvgIpc) is 1.70. The van der Waals surface area contributed by atoms with E-state index in [9.17, 15) is 177 Å². The van der Waals surface area contributed by atoms with Gasteiger partial charge in [0.1, 0.15) is 25.4 Å². The smallest absolute Gasteiger partial charge is 0.340 e. The maximum atomic E-state index is 15.6. The Balaban J connectivity index is 0.897. The first-order valence-electron chi connectivity index (χ1n) is 36.9. The Morgan fingerprint density at radius 2 is 0.466 bits per heavy atom. The monoisotopic (exact) mass is 1860 g/mol. The van der Waals surface area contributed by atoms with E-state index >= 15 is 14.4 Å². The molecule has 0 saturated carbocycles. The number of phenolic OH excluding ortho intramolecular Hbond substituents is 28. The highest BCUT2D eigenvalue weighted by molar-refractivity contribution is 6.11. The highest BCUT2D eigenvalue weighted by Gasteiger charge is 2.58. The van der Waals surface area contributed by atoms with Crippen LogP contribution in [-0.4, -0.2) is 277 Å². The summed E-state index contributed by atoms with van der Waals surface area (Å²) in [6.45, 7) is -3.05. The first-order chi connectivity index (χ1) is 62.6. The minimum absolute atomic E-state index is 0.149. The van der Waals surface area contributed by atoms with Gasteiger partial charge >= 0.3 is 59.7 Å². The average molecular weight is 1860 g/mol. The van der Waals surface area contributed by atoms with Gasteiger partial charge in [-0.3, -0.25) is 0 Å². The van der Waals surface area contributed by atoms with Crippen LogP contribution in [-0.2, 0) is 56.8 Å². The van der Waals surface area contributed by atoms with Crippen molar-refractivity contribution < 1.29 is 253 Å². The molecule has 0 unspecified atom stereocenters. The molecule has 28 N–H and O–H groups in total. The number of cyclic esters (lactones) is 2. The third kappa shape index (κ3) is 16.4. The van der Waals surface area contributed by atoms with Crippen molar-refractivity contribution in [3.8, 4) is 195 Å². The fourth-order valence-electron chi connectivity index (χ4n) is 13.8. The van der Waals surface area contributed by atoms with E-state index in [-0.39, 0.29) is 30.3 Å². The second-order valence-corrected chi connectivity index (χ2v) is 28.6. The molecule has 51 nitrogen and oxygen atoms in total. The molecule has 0 radical (unpaired) electrons. The number of aromatic hydroxyl groups is 28. The van der Waals surface area contributed by atoms with Gasteiger partial charge in [0, 0.05) is 22.3 Å². The molecule has 10 aromatic carbocycles. The molecule has 10 atom stereocenters. The van der Waals surface area contributed by atoms with Crippen LogP contribution in [0.3, 0.4) is 0 Å². The molecular weight excluding hydrogens is 1800 g/mol. The van der Waals surface area contributed by atoms with Crippen LogP contribution >= 0.6 is 0 Å². The van der Waals surface area contributed by atoms with E-state index in [0.717, 1.165) is 0 Å². The zero-order valence-corrected chi connectivity index (χ0v) is 65.3. The van der Waals surface area contributed by atoms with E-state index in [1.54, 1.807) is 0 Å². The van der Waals surface area contributed by atoms with E-state index in [1.165, 1.54) is 0 Å². The van der Waals surface area contributed by atoms with Gasteiger partial charge in [-0.1, -0.05) is 0 Å². The molecule has 4 aliphatic rings. The summed E-state index contributed by atoms with van der Waals surface area (Å²) < 4.78 is 74.3.